The number of nitrogens with zero attached hydrogens (tertiary/aromatic N) is 3. The second-order valence-electron chi connectivity index (χ2n) is 8.48. The van der Waals surface area contributed by atoms with Gasteiger partial charge in [0.05, 0.1) is 10.3 Å². The van der Waals surface area contributed by atoms with E-state index >= 15 is 0 Å². The van der Waals surface area contributed by atoms with Crippen molar-refractivity contribution in [1.82, 2.24) is 14.7 Å². The van der Waals surface area contributed by atoms with Crippen molar-refractivity contribution in [2.24, 2.45) is 5.41 Å². The third-order valence-electron chi connectivity index (χ3n) is 5.56. The van der Waals surface area contributed by atoms with Crippen LogP contribution in [-0.2, 0) is 11.3 Å². The van der Waals surface area contributed by atoms with Crippen molar-refractivity contribution in [2.75, 3.05) is 45.1 Å². The van der Waals surface area contributed by atoms with Gasteiger partial charge in [-0.05, 0) is 43.0 Å². The van der Waals surface area contributed by atoms with Crippen molar-refractivity contribution < 1.29 is 14.0 Å². The summed E-state index contributed by atoms with van der Waals surface area (Å²) in [5.41, 5.74) is 0.341. The Morgan fingerprint density at radius 3 is 2.39 bits per heavy atom. The fourth-order valence-corrected chi connectivity index (χ4v) is 4.35. The summed E-state index contributed by atoms with van der Waals surface area (Å²) in [6.45, 7) is 8.32. The quantitative estimate of drug-likeness (QED) is 0.555. The highest BCUT2D eigenvalue weighted by molar-refractivity contribution is 7.12. The summed E-state index contributed by atoms with van der Waals surface area (Å²) in [6, 6.07) is 9.96. The molecule has 2 amide bonds. The molecule has 1 aliphatic heterocycles. The van der Waals surface area contributed by atoms with Crippen LogP contribution in [0.4, 0.5) is 4.39 Å². The molecular formula is C23H29ClFN3O2S. The van der Waals surface area contributed by atoms with Gasteiger partial charge in [-0.2, -0.15) is 0 Å². The van der Waals surface area contributed by atoms with Gasteiger partial charge in [0.2, 0.25) is 5.91 Å². The fraction of sp³-hybridized carbons (Fsp3) is 0.478. The lowest BCUT2D eigenvalue weighted by molar-refractivity contribution is -0.141. The molecule has 0 spiro atoms. The van der Waals surface area contributed by atoms with E-state index in [1.807, 2.05) is 41.2 Å². The number of benzene rings is 1. The minimum Gasteiger partial charge on any atom is -0.340 e. The van der Waals surface area contributed by atoms with E-state index in [2.05, 4.69) is 4.90 Å². The van der Waals surface area contributed by atoms with E-state index in [9.17, 15) is 14.0 Å². The number of carbonyl (C=O) groups is 2. The minimum absolute atomic E-state index is 0.0167. The molecule has 0 unspecified atom stereocenters. The zero-order chi connectivity index (χ0) is 22.4. The van der Waals surface area contributed by atoms with E-state index in [1.54, 1.807) is 12.1 Å². The number of alkyl halides is 1. The Balaban J connectivity index is 1.58. The van der Waals surface area contributed by atoms with Crippen LogP contribution in [0, 0.1) is 11.2 Å². The Hall–Kier alpha value is -1.96. The standard InChI is InChI=1S/C23H29ClFN3O2S/c1-23(2,17-24)22(30)27-12-9-26(10-13-27)11-14-28(21(29)20-4-3-15-31-20)16-18-5-7-19(25)8-6-18/h3-8,15H,9-14,16-17H2,1-2H3. The number of thiophene rings is 1. The van der Waals surface area contributed by atoms with E-state index in [0.29, 0.717) is 36.9 Å². The number of halogens is 2. The lowest BCUT2D eigenvalue weighted by atomic mass is 9.94. The molecule has 8 heteroatoms. The summed E-state index contributed by atoms with van der Waals surface area (Å²) in [5.74, 6) is 0.0875. The van der Waals surface area contributed by atoms with Gasteiger partial charge in [-0.25, -0.2) is 4.39 Å². The van der Waals surface area contributed by atoms with E-state index in [0.717, 1.165) is 25.2 Å². The molecule has 1 saturated heterocycles. The molecule has 0 saturated carbocycles. The van der Waals surface area contributed by atoms with Crippen LogP contribution in [-0.4, -0.2) is 71.7 Å². The Morgan fingerprint density at radius 1 is 1.13 bits per heavy atom. The molecule has 31 heavy (non-hydrogen) atoms. The number of carbonyl (C=O) groups excluding carboxylic acids is 2. The molecule has 1 aromatic heterocycles. The fourth-order valence-electron chi connectivity index (χ4n) is 3.54. The van der Waals surface area contributed by atoms with Gasteiger partial charge in [-0.15, -0.1) is 22.9 Å². The van der Waals surface area contributed by atoms with Crippen molar-refractivity contribution in [2.45, 2.75) is 20.4 Å². The molecule has 0 bridgehead atoms. The highest BCUT2D eigenvalue weighted by Gasteiger charge is 2.33. The first-order valence-corrected chi connectivity index (χ1v) is 11.9. The lowest BCUT2D eigenvalue weighted by Gasteiger charge is -2.38. The van der Waals surface area contributed by atoms with Gasteiger partial charge in [0.25, 0.3) is 5.91 Å². The summed E-state index contributed by atoms with van der Waals surface area (Å²) in [5, 5.41) is 1.89. The largest absolute Gasteiger partial charge is 0.340 e. The molecule has 0 radical (unpaired) electrons. The summed E-state index contributed by atoms with van der Waals surface area (Å²) < 4.78 is 13.3. The zero-order valence-electron chi connectivity index (χ0n) is 18.0. The third-order valence-corrected chi connectivity index (χ3v) is 7.09. The Labute approximate surface area is 192 Å². The molecule has 1 aliphatic rings. The Bertz CT molecular complexity index is 865. The monoisotopic (exact) mass is 465 g/mol. The minimum atomic E-state index is -0.553. The molecule has 5 nitrogen and oxygen atoms in total. The lowest BCUT2D eigenvalue weighted by Crippen LogP contribution is -2.53. The maximum Gasteiger partial charge on any atom is 0.264 e. The average molecular weight is 466 g/mol. The van der Waals surface area contributed by atoms with Crippen molar-refractivity contribution >= 4 is 34.8 Å². The molecular weight excluding hydrogens is 437 g/mol. The van der Waals surface area contributed by atoms with Crippen LogP contribution in [0.25, 0.3) is 0 Å². The summed E-state index contributed by atoms with van der Waals surface area (Å²) in [6.07, 6.45) is 0. The van der Waals surface area contributed by atoms with Gasteiger partial charge in [-0.3, -0.25) is 14.5 Å². The van der Waals surface area contributed by atoms with Crippen LogP contribution in [0.2, 0.25) is 0 Å². The average Bonchev–Trinajstić information content (AvgIpc) is 3.32. The molecule has 1 aromatic carbocycles. The molecule has 0 N–H and O–H groups in total. The zero-order valence-corrected chi connectivity index (χ0v) is 19.6. The van der Waals surface area contributed by atoms with Crippen molar-refractivity contribution in [3.05, 3.63) is 58.0 Å². The maximum atomic E-state index is 13.3. The Kier molecular flexibility index (Phi) is 8.08. The number of piperazine rings is 1. The second kappa shape index (κ2) is 10.6. The van der Waals surface area contributed by atoms with Crippen LogP contribution in [0.3, 0.4) is 0 Å². The van der Waals surface area contributed by atoms with E-state index in [4.69, 9.17) is 11.6 Å². The number of hydrogen-bond acceptors (Lipinski definition) is 4. The van der Waals surface area contributed by atoms with Crippen molar-refractivity contribution in [1.29, 1.82) is 0 Å². The Morgan fingerprint density at radius 2 is 1.81 bits per heavy atom. The molecule has 168 valence electrons. The van der Waals surface area contributed by atoms with Crippen LogP contribution in [0.5, 0.6) is 0 Å². The maximum absolute atomic E-state index is 13.3. The highest BCUT2D eigenvalue weighted by atomic mass is 35.5. The van der Waals surface area contributed by atoms with E-state index < -0.39 is 5.41 Å². The van der Waals surface area contributed by atoms with Crippen molar-refractivity contribution in [3.8, 4) is 0 Å². The SMILES string of the molecule is CC(C)(CCl)C(=O)N1CCN(CCN(Cc2ccc(F)cc2)C(=O)c2cccs2)CC1. The van der Waals surface area contributed by atoms with Gasteiger partial charge in [0, 0.05) is 51.7 Å². The number of rotatable bonds is 8. The molecule has 3 rings (SSSR count). The van der Waals surface area contributed by atoms with Gasteiger partial charge >= 0.3 is 0 Å². The molecule has 2 aromatic rings. The summed E-state index contributed by atoms with van der Waals surface area (Å²) >= 11 is 7.37. The third kappa shape index (κ3) is 6.28. The van der Waals surface area contributed by atoms with Gasteiger partial charge < -0.3 is 9.80 Å². The van der Waals surface area contributed by atoms with Gasteiger partial charge in [0.15, 0.2) is 0 Å². The first-order valence-electron chi connectivity index (χ1n) is 10.4. The van der Waals surface area contributed by atoms with Crippen molar-refractivity contribution in [3.63, 3.8) is 0 Å². The first kappa shape index (κ1) is 23.7. The molecule has 0 aliphatic carbocycles. The molecule has 1 fully saturated rings. The second-order valence-corrected chi connectivity index (χ2v) is 9.70. The number of amides is 2. The highest BCUT2D eigenvalue weighted by Crippen LogP contribution is 2.22. The normalized spacial score (nSPS) is 15.2. The molecule has 2 heterocycles. The van der Waals surface area contributed by atoms with Crippen LogP contribution in [0.15, 0.2) is 41.8 Å². The predicted molar refractivity (Wildman–Crippen MR) is 123 cm³/mol. The summed E-state index contributed by atoms with van der Waals surface area (Å²) in [4.78, 5) is 32.3. The van der Waals surface area contributed by atoms with E-state index in [1.165, 1.54) is 23.5 Å². The van der Waals surface area contributed by atoms with Gasteiger partial charge in [-0.1, -0.05) is 18.2 Å². The van der Waals surface area contributed by atoms with Crippen LogP contribution < -0.4 is 0 Å². The first-order chi connectivity index (χ1) is 14.8. The van der Waals surface area contributed by atoms with Crippen LogP contribution in [0.1, 0.15) is 29.1 Å². The predicted octanol–water partition coefficient (Wildman–Crippen LogP) is 3.94. The smallest absolute Gasteiger partial charge is 0.264 e. The summed E-state index contributed by atoms with van der Waals surface area (Å²) in [7, 11) is 0. The van der Waals surface area contributed by atoms with Crippen LogP contribution >= 0.6 is 22.9 Å². The molecule has 0 atom stereocenters. The topological polar surface area (TPSA) is 43.9 Å². The van der Waals surface area contributed by atoms with Gasteiger partial charge in [0.1, 0.15) is 5.82 Å². The number of hydrogen-bond donors (Lipinski definition) is 0. The van der Waals surface area contributed by atoms with E-state index in [-0.39, 0.29) is 17.6 Å².